The summed E-state index contributed by atoms with van der Waals surface area (Å²) in [5, 5.41) is 3.96. The molecule has 164 valence electrons. The van der Waals surface area contributed by atoms with E-state index in [0.29, 0.717) is 21.9 Å². The number of sulfonamides is 1. The number of aryl methyl sites for hydroxylation is 2. The predicted molar refractivity (Wildman–Crippen MR) is 125 cm³/mol. The van der Waals surface area contributed by atoms with Crippen LogP contribution in [0.5, 0.6) is 0 Å². The van der Waals surface area contributed by atoms with Gasteiger partial charge in [0.05, 0.1) is 16.0 Å². The summed E-state index contributed by atoms with van der Waals surface area (Å²) in [6, 6.07) is 14.5. The average Bonchev–Trinajstić information content (AvgIpc) is 3.22. The molecule has 0 saturated heterocycles. The number of unbranched alkanes of at least 4 members (excludes halogenated alkanes) is 2. The molecular formula is C23H27N3O3S2. The second-order valence-electron chi connectivity index (χ2n) is 7.32. The number of benzene rings is 2. The second kappa shape index (κ2) is 10.7. The number of anilines is 1. The minimum atomic E-state index is -3.46. The number of ketones is 1. The number of aromatic nitrogens is 1. The lowest BCUT2D eigenvalue weighted by molar-refractivity contribution is 0.104. The number of rotatable bonds is 11. The van der Waals surface area contributed by atoms with Gasteiger partial charge in [-0.15, -0.1) is 0 Å². The van der Waals surface area contributed by atoms with Crippen molar-refractivity contribution in [3.63, 3.8) is 0 Å². The maximum Gasteiger partial charge on any atom is 0.240 e. The van der Waals surface area contributed by atoms with Crippen LogP contribution in [0.4, 0.5) is 5.13 Å². The zero-order chi connectivity index (χ0) is 22.3. The fourth-order valence-corrected chi connectivity index (χ4v) is 5.30. The lowest BCUT2D eigenvalue weighted by Gasteiger charge is -2.09. The second-order valence-corrected chi connectivity index (χ2v) is 10.1. The number of hydrogen-bond acceptors (Lipinski definition) is 6. The van der Waals surface area contributed by atoms with Crippen molar-refractivity contribution >= 4 is 32.3 Å². The molecule has 0 aliphatic carbocycles. The summed E-state index contributed by atoms with van der Waals surface area (Å²) in [6.07, 6.45) is 4.13. The molecule has 3 rings (SSSR count). The number of hydrogen-bond donors (Lipinski definition) is 2. The summed E-state index contributed by atoms with van der Waals surface area (Å²) in [6.45, 7) is 4.84. The van der Waals surface area contributed by atoms with E-state index in [1.807, 2.05) is 37.3 Å². The summed E-state index contributed by atoms with van der Waals surface area (Å²) in [4.78, 5) is 17.9. The van der Waals surface area contributed by atoms with Gasteiger partial charge in [-0.1, -0.05) is 60.2 Å². The van der Waals surface area contributed by atoms with Gasteiger partial charge in [-0.05, 0) is 43.9 Å². The molecule has 0 spiro atoms. The van der Waals surface area contributed by atoms with Crippen LogP contribution in [-0.4, -0.2) is 32.3 Å². The molecule has 2 aromatic carbocycles. The molecule has 8 heteroatoms. The number of carbonyl (C=O) groups is 1. The Morgan fingerprint density at radius 3 is 2.35 bits per heavy atom. The standard InChI is InChI=1S/C23H27N3O3S2/c1-17-10-4-6-12-19(17)22(27)20-16-25-23(30-20)24-14-8-3-9-15-26-31(28,29)21-13-7-5-11-18(21)2/h4-7,10-13,16,26H,3,8-9,14-15H2,1-2H3,(H,24,25). The highest BCUT2D eigenvalue weighted by Gasteiger charge is 2.16. The highest BCUT2D eigenvalue weighted by atomic mass is 32.2. The van der Waals surface area contributed by atoms with E-state index in [9.17, 15) is 13.2 Å². The van der Waals surface area contributed by atoms with Crippen LogP contribution >= 0.6 is 11.3 Å². The van der Waals surface area contributed by atoms with Crippen LogP contribution in [0.2, 0.25) is 0 Å². The minimum absolute atomic E-state index is 0.00964. The van der Waals surface area contributed by atoms with Crippen LogP contribution in [0.25, 0.3) is 0 Å². The third kappa shape index (κ3) is 6.22. The van der Waals surface area contributed by atoms with Crippen molar-refractivity contribution in [2.75, 3.05) is 18.4 Å². The van der Waals surface area contributed by atoms with E-state index in [1.165, 1.54) is 11.3 Å². The third-order valence-corrected chi connectivity index (χ3v) is 7.50. The Labute approximate surface area is 187 Å². The molecule has 0 radical (unpaired) electrons. The van der Waals surface area contributed by atoms with Crippen molar-refractivity contribution in [2.45, 2.75) is 38.0 Å². The molecule has 0 aliphatic rings. The van der Waals surface area contributed by atoms with Gasteiger partial charge >= 0.3 is 0 Å². The summed E-state index contributed by atoms with van der Waals surface area (Å²) in [5.41, 5.74) is 2.39. The summed E-state index contributed by atoms with van der Waals surface area (Å²) in [7, 11) is -3.46. The number of thiazole rings is 1. The molecular weight excluding hydrogens is 430 g/mol. The van der Waals surface area contributed by atoms with Crippen LogP contribution in [-0.2, 0) is 10.0 Å². The molecule has 0 atom stereocenters. The number of carbonyl (C=O) groups excluding carboxylic acids is 1. The normalized spacial score (nSPS) is 11.4. The fraction of sp³-hybridized carbons (Fsp3) is 0.304. The molecule has 6 nitrogen and oxygen atoms in total. The van der Waals surface area contributed by atoms with E-state index in [0.717, 1.165) is 42.1 Å². The van der Waals surface area contributed by atoms with Gasteiger partial charge < -0.3 is 5.32 Å². The molecule has 31 heavy (non-hydrogen) atoms. The van der Waals surface area contributed by atoms with Crippen molar-refractivity contribution in [1.29, 1.82) is 0 Å². The van der Waals surface area contributed by atoms with E-state index >= 15 is 0 Å². The molecule has 0 aliphatic heterocycles. The average molecular weight is 458 g/mol. The molecule has 1 aromatic heterocycles. The topological polar surface area (TPSA) is 88.2 Å². The van der Waals surface area contributed by atoms with Crippen molar-refractivity contribution in [2.24, 2.45) is 0 Å². The quantitative estimate of drug-likeness (QED) is 0.326. The lowest BCUT2D eigenvalue weighted by atomic mass is 10.0. The third-order valence-electron chi connectivity index (χ3n) is 4.92. The molecule has 0 unspecified atom stereocenters. The number of nitrogens with one attached hydrogen (secondary N) is 2. The maximum atomic E-state index is 12.6. The van der Waals surface area contributed by atoms with Gasteiger partial charge in [-0.2, -0.15) is 0 Å². The van der Waals surface area contributed by atoms with Crippen LogP contribution in [0.15, 0.2) is 59.6 Å². The van der Waals surface area contributed by atoms with Gasteiger partial charge in [0.1, 0.15) is 0 Å². The summed E-state index contributed by atoms with van der Waals surface area (Å²) in [5.74, 6) is -0.00964. The molecule has 0 saturated carbocycles. The van der Waals surface area contributed by atoms with E-state index in [-0.39, 0.29) is 5.78 Å². The highest BCUT2D eigenvalue weighted by Crippen LogP contribution is 2.22. The Morgan fingerprint density at radius 1 is 0.935 bits per heavy atom. The van der Waals surface area contributed by atoms with Gasteiger partial charge in [-0.25, -0.2) is 18.1 Å². The van der Waals surface area contributed by atoms with Crippen molar-refractivity contribution in [3.8, 4) is 0 Å². The molecule has 0 bridgehead atoms. The zero-order valence-corrected chi connectivity index (χ0v) is 19.4. The Morgan fingerprint density at radius 2 is 1.61 bits per heavy atom. The Kier molecular flexibility index (Phi) is 7.95. The van der Waals surface area contributed by atoms with Gasteiger partial charge in [0, 0.05) is 18.7 Å². The monoisotopic (exact) mass is 457 g/mol. The zero-order valence-electron chi connectivity index (χ0n) is 17.7. The molecule has 2 N–H and O–H groups in total. The lowest BCUT2D eigenvalue weighted by Crippen LogP contribution is -2.25. The SMILES string of the molecule is Cc1ccccc1C(=O)c1cnc(NCCCCCNS(=O)(=O)c2ccccc2C)s1. The van der Waals surface area contributed by atoms with E-state index in [4.69, 9.17) is 0 Å². The van der Waals surface area contributed by atoms with Gasteiger partial charge in [-0.3, -0.25) is 4.79 Å². The largest absolute Gasteiger partial charge is 0.362 e. The van der Waals surface area contributed by atoms with Crippen molar-refractivity contribution in [1.82, 2.24) is 9.71 Å². The van der Waals surface area contributed by atoms with E-state index < -0.39 is 10.0 Å². The first kappa shape index (κ1) is 23.1. The minimum Gasteiger partial charge on any atom is -0.362 e. The first-order chi connectivity index (χ1) is 14.9. The Bertz CT molecular complexity index is 1140. The molecule has 3 aromatic rings. The first-order valence-electron chi connectivity index (χ1n) is 10.2. The number of nitrogens with zero attached hydrogens (tertiary/aromatic N) is 1. The smallest absolute Gasteiger partial charge is 0.240 e. The molecule has 0 fully saturated rings. The van der Waals surface area contributed by atoms with Gasteiger partial charge in [0.15, 0.2) is 5.13 Å². The summed E-state index contributed by atoms with van der Waals surface area (Å²) >= 11 is 1.35. The molecule has 1 heterocycles. The Hall–Kier alpha value is -2.55. The van der Waals surface area contributed by atoms with Gasteiger partial charge in [0.25, 0.3) is 0 Å². The van der Waals surface area contributed by atoms with E-state index in [1.54, 1.807) is 31.3 Å². The maximum absolute atomic E-state index is 12.6. The Balaban J connectivity index is 1.38. The predicted octanol–water partition coefficient (Wildman–Crippen LogP) is 4.55. The van der Waals surface area contributed by atoms with Crippen LogP contribution in [0.1, 0.15) is 45.6 Å². The highest BCUT2D eigenvalue weighted by molar-refractivity contribution is 7.89. The summed E-state index contributed by atoms with van der Waals surface area (Å²) < 4.78 is 27.4. The van der Waals surface area contributed by atoms with Gasteiger partial charge in [0.2, 0.25) is 15.8 Å². The van der Waals surface area contributed by atoms with E-state index in [2.05, 4.69) is 15.0 Å². The van der Waals surface area contributed by atoms with Crippen molar-refractivity contribution in [3.05, 3.63) is 76.3 Å². The fourth-order valence-electron chi connectivity index (χ4n) is 3.19. The first-order valence-corrected chi connectivity index (χ1v) is 12.5. The van der Waals surface area contributed by atoms with Crippen LogP contribution < -0.4 is 10.0 Å². The van der Waals surface area contributed by atoms with Crippen LogP contribution in [0.3, 0.4) is 0 Å². The van der Waals surface area contributed by atoms with Crippen LogP contribution in [0, 0.1) is 13.8 Å². The molecule has 0 amide bonds. The van der Waals surface area contributed by atoms with Crippen molar-refractivity contribution < 1.29 is 13.2 Å².